The molecular formula is C11H17FN2O3S2. The molecule has 0 aliphatic carbocycles. The van der Waals surface area contributed by atoms with Crippen LogP contribution in [-0.4, -0.2) is 30.7 Å². The Morgan fingerprint density at radius 2 is 2.05 bits per heavy atom. The lowest BCUT2D eigenvalue weighted by Crippen LogP contribution is -2.36. The Kier molecular flexibility index (Phi) is 5.05. The molecule has 0 spiro atoms. The molecule has 0 saturated heterocycles. The van der Waals surface area contributed by atoms with E-state index in [1.165, 1.54) is 6.26 Å². The van der Waals surface area contributed by atoms with Crippen molar-refractivity contribution in [2.24, 2.45) is 0 Å². The first kappa shape index (κ1) is 16.1. The fourth-order valence-corrected chi connectivity index (χ4v) is 3.82. The van der Waals surface area contributed by atoms with E-state index in [0.717, 1.165) is 12.1 Å². The van der Waals surface area contributed by atoms with Gasteiger partial charge in [0.25, 0.3) is 0 Å². The van der Waals surface area contributed by atoms with Gasteiger partial charge in [-0.2, -0.15) is 0 Å². The molecule has 3 N–H and O–H groups in total. The summed E-state index contributed by atoms with van der Waals surface area (Å²) in [5, 5.41) is 0. The highest BCUT2D eigenvalue weighted by atomic mass is 32.2. The molecule has 0 heterocycles. The summed E-state index contributed by atoms with van der Waals surface area (Å²) in [4.78, 5) is -0.496. The SMILES string of the molecule is Cc1cc(F)c(S(=O)(=O)NC(C)CS(C)=O)cc1N. The first-order chi connectivity index (χ1) is 8.63. The Labute approximate surface area is 114 Å². The normalized spacial score (nSPS) is 15.2. The molecule has 0 amide bonds. The van der Waals surface area contributed by atoms with Crippen molar-refractivity contribution in [1.29, 1.82) is 0 Å². The third-order valence-electron chi connectivity index (χ3n) is 2.45. The Balaban J connectivity index is 3.07. The number of nitrogens with one attached hydrogen (secondary N) is 1. The average Bonchev–Trinajstić information content (AvgIpc) is 2.20. The second-order valence-corrected chi connectivity index (χ2v) is 7.56. The van der Waals surface area contributed by atoms with E-state index < -0.39 is 37.6 Å². The number of rotatable bonds is 5. The zero-order valence-corrected chi connectivity index (χ0v) is 12.6. The van der Waals surface area contributed by atoms with Crippen LogP contribution in [0, 0.1) is 12.7 Å². The number of nitrogen functional groups attached to an aromatic ring is 1. The van der Waals surface area contributed by atoms with Gasteiger partial charge in [0.2, 0.25) is 10.0 Å². The van der Waals surface area contributed by atoms with Crippen molar-refractivity contribution in [1.82, 2.24) is 4.72 Å². The fraction of sp³-hybridized carbons (Fsp3) is 0.455. The monoisotopic (exact) mass is 308 g/mol. The van der Waals surface area contributed by atoms with Gasteiger partial charge in [0.15, 0.2) is 0 Å². The summed E-state index contributed by atoms with van der Waals surface area (Å²) >= 11 is 0. The molecule has 2 unspecified atom stereocenters. The predicted molar refractivity (Wildman–Crippen MR) is 74.3 cm³/mol. The van der Waals surface area contributed by atoms with E-state index in [1.54, 1.807) is 13.8 Å². The number of sulfonamides is 1. The van der Waals surface area contributed by atoms with Gasteiger partial charge >= 0.3 is 0 Å². The van der Waals surface area contributed by atoms with Gasteiger partial charge in [0, 0.05) is 34.5 Å². The van der Waals surface area contributed by atoms with E-state index >= 15 is 0 Å². The molecule has 0 radical (unpaired) electrons. The number of halogens is 1. The summed E-state index contributed by atoms with van der Waals surface area (Å²) in [5.74, 6) is -0.702. The third kappa shape index (κ3) is 4.26. The van der Waals surface area contributed by atoms with E-state index in [4.69, 9.17) is 5.73 Å². The lowest BCUT2D eigenvalue weighted by molar-refractivity contribution is 0.549. The van der Waals surface area contributed by atoms with Crippen LogP contribution < -0.4 is 10.5 Å². The van der Waals surface area contributed by atoms with Crippen LogP contribution in [0.2, 0.25) is 0 Å². The molecule has 0 fully saturated rings. The second-order valence-electron chi connectivity index (χ2n) is 4.40. The summed E-state index contributed by atoms with van der Waals surface area (Å²) in [5.41, 5.74) is 6.26. The molecule has 108 valence electrons. The highest BCUT2D eigenvalue weighted by Gasteiger charge is 2.22. The van der Waals surface area contributed by atoms with Crippen LogP contribution in [0.5, 0.6) is 0 Å². The average molecular weight is 308 g/mol. The molecule has 1 aromatic rings. The van der Waals surface area contributed by atoms with E-state index in [2.05, 4.69) is 4.72 Å². The van der Waals surface area contributed by atoms with Crippen LogP contribution in [0.15, 0.2) is 17.0 Å². The van der Waals surface area contributed by atoms with Crippen LogP contribution in [0.25, 0.3) is 0 Å². The van der Waals surface area contributed by atoms with E-state index in [1.807, 2.05) is 0 Å². The quantitative estimate of drug-likeness (QED) is 0.786. The molecule has 1 aromatic carbocycles. The Bertz CT molecular complexity index is 602. The summed E-state index contributed by atoms with van der Waals surface area (Å²) < 4.78 is 51.0. The number of nitrogens with two attached hydrogens (primary N) is 1. The third-order valence-corrected chi connectivity index (χ3v) is 5.03. The molecule has 19 heavy (non-hydrogen) atoms. The van der Waals surface area contributed by atoms with E-state index in [-0.39, 0.29) is 11.4 Å². The molecule has 0 aliphatic heterocycles. The highest BCUT2D eigenvalue weighted by molar-refractivity contribution is 7.89. The molecule has 1 rings (SSSR count). The van der Waals surface area contributed by atoms with Gasteiger partial charge in [-0.25, -0.2) is 17.5 Å². The van der Waals surface area contributed by atoms with Crippen LogP contribution in [0.1, 0.15) is 12.5 Å². The summed E-state index contributed by atoms with van der Waals surface area (Å²) in [6.07, 6.45) is 1.47. The van der Waals surface area contributed by atoms with Gasteiger partial charge in [-0.1, -0.05) is 0 Å². The predicted octanol–water partition coefficient (Wildman–Crippen LogP) is 0.762. The van der Waals surface area contributed by atoms with Crippen molar-refractivity contribution < 1.29 is 17.0 Å². The van der Waals surface area contributed by atoms with Gasteiger partial charge < -0.3 is 5.73 Å². The maximum Gasteiger partial charge on any atom is 0.243 e. The van der Waals surface area contributed by atoms with Crippen molar-refractivity contribution in [3.63, 3.8) is 0 Å². The molecule has 8 heteroatoms. The molecular weight excluding hydrogens is 291 g/mol. The minimum Gasteiger partial charge on any atom is -0.398 e. The minimum absolute atomic E-state index is 0.155. The zero-order chi connectivity index (χ0) is 14.8. The largest absolute Gasteiger partial charge is 0.398 e. The van der Waals surface area contributed by atoms with Gasteiger partial charge in [-0.05, 0) is 31.5 Å². The van der Waals surface area contributed by atoms with Gasteiger partial charge in [-0.3, -0.25) is 4.21 Å². The van der Waals surface area contributed by atoms with Crippen LogP contribution in [-0.2, 0) is 20.8 Å². The number of benzene rings is 1. The van der Waals surface area contributed by atoms with Gasteiger partial charge in [0.1, 0.15) is 10.7 Å². The Morgan fingerprint density at radius 1 is 1.47 bits per heavy atom. The van der Waals surface area contributed by atoms with Crippen molar-refractivity contribution >= 4 is 26.5 Å². The van der Waals surface area contributed by atoms with E-state index in [0.29, 0.717) is 5.56 Å². The molecule has 0 bridgehead atoms. The first-order valence-corrected chi connectivity index (χ1v) is 8.72. The molecule has 0 aliphatic rings. The first-order valence-electron chi connectivity index (χ1n) is 5.51. The van der Waals surface area contributed by atoms with Crippen molar-refractivity contribution in [3.8, 4) is 0 Å². The molecule has 0 saturated carbocycles. The molecule has 0 aromatic heterocycles. The lowest BCUT2D eigenvalue weighted by Gasteiger charge is -2.14. The Hall–Kier alpha value is -0.990. The topological polar surface area (TPSA) is 89.3 Å². The highest BCUT2D eigenvalue weighted by Crippen LogP contribution is 2.21. The van der Waals surface area contributed by atoms with Crippen LogP contribution in [0.4, 0.5) is 10.1 Å². The van der Waals surface area contributed by atoms with Crippen molar-refractivity contribution in [2.75, 3.05) is 17.7 Å². The van der Waals surface area contributed by atoms with Gasteiger partial charge in [0.05, 0.1) is 0 Å². The lowest BCUT2D eigenvalue weighted by atomic mass is 10.2. The summed E-state index contributed by atoms with van der Waals surface area (Å²) in [7, 11) is -5.16. The summed E-state index contributed by atoms with van der Waals surface area (Å²) in [6.45, 7) is 3.15. The number of hydrogen-bond acceptors (Lipinski definition) is 4. The number of aryl methyl sites for hydroxylation is 1. The molecule has 2 atom stereocenters. The smallest absolute Gasteiger partial charge is 0.243 e. The molecule has 5 nitrogen and oxygen atoms in total. The van der Waals surface area contributed by atoms with Crippen LogP contribution >= 0.6 is 0 Å². The van der Waals surface area contributed by atoms with Crippen molar-refractivity contribution in [2.45, 2.75) is 24.8 Å². The maximum atomic E-state index is 13.7. The zero-order valence-electron chi connectivity index (χ0n) is 10.9. The number of anilines is 1. The fourth-order valence-electron chi connectivity index (χ4n) is 1.59. The van der Waals surface area contributed by atoms with Crippen LogP contribution in [0.3, 0.4) is 0 Å². The van der Waals surface area contributed by atoms with Crippen molar-refractivity contribution in [3.05, 3.63) is 23.5 Å². The summed E-state index contributed by atoms with van der Waals surface area (Å²) in [6, 6.07) is 1.60. The standard InChI is InChI=1S/C11H17FN2O3S2/c1-7-4-9(12)11(5-10(7)13)19(16,17)14-8(2)6-18(3)15/h4-5,8,14H,6,13H2,1-3H3. The second kappa shape index (κ2) is 5.98. The van der Waals surface area contributed by atoms with E-state index in [9.17, 15) is 17.0 Å². The van der Waals surface area contributed by atoms with Gasteiger partial charge in [-0.15, -0.1) is 0 Å². The minimum atomic E-state index is -4.01. The maximum absolute atomic E-state index is 13.7. The Morgan fingerprint density at radius 3 is 2.58 bits per heavy atom. The number of hydrogen-bond donors (Lipinski definition) is 2.